The van der Waals surface area contributed by atoms with Crippen LogP contribution in [0.2, 0.25) is 0 Å². The monoisotopic (exact) mass is 283 g/mol. The SMILES string of the molecule is Cc1ccc(CN(C)C(=O)COc2cccc(C)c2)cc1. The van der Waals surface area contributed by atoms with E-state index in [0.717, 1.165) is 16.9 Å². The van der Waals surface area contributed by atoms with Crippen molar-refractivity contribution in [2.45, 2.75) is 20.4 Å². The first-order valence-electron chi connectivity index (χ1n) is 7.03. The first kappa shape index (κ1) is 15.1. The smallest absolute Gasteiger partial charge is 0.260 e. The number of ether oxygens (including phenoxy) is 1. The predicted molar refractivity (Wildman–Crippen MR) is 84.3 cm³/mol. The largest absolute Gasteiger partial charge is 0.484 e. The van der Waals surface area contributed by atoms with Crippen molar-refractivity contribution in [1.29, 1.82) is 0 Å². The van der Waals surface area contributed by atoms with Gasteiger partial charge in [-0.15, -0.1) is 0 Å². The number of hydrogen-bond acceptors (Lipinski definition) is 2. The summed E-state index contributed by atoms with van der Waals surface area (Å²) in [4.78, 5) is 13.8. The lowest BCUT2D eigenvalue weighted by atomic mass is 10.1. The fourth-order valence-corrected chi connectivity index (χ4v) is 2.02. The van der Waals surface area contributed by atoms with Gasteiger partial charge in [0, 0.05) is 13.6 Å². The van der Waals surface area contributed by atoms with Crippen LogP contribution in [0.15, 0.2) is 48.5 Å². The molecular formula is C18H21NO2. The summed E-state index contributed by atoms with van der Waals surface area (Å²) in [6.07, 6.45) is 0. The van der Waals surface area contributed by atoms with Crippen molar-refractivity contribution in [3.05, 3.63) is 65.2 Å². The molecule has 2 aromatic carbocycles. The fourth-order valence-electron chi connectivity index (χ4n) is 2.02. The highest BCUT2D eigenvalue weighted by Crippen LogP contribution is 2.12. The number of amides is 1. The molecule has 0 atom stereocenters. The van der Waals surface area contributed by atoms with Crippen LogP contribution in [-0.4, -0.2) is 24.5 Å². The second kappa shape index (κ2) is 6.93. The molecule has 0 aliphatic carbocycles. The third-order valence-electron chi connectivity index (χ3n) is 3.32. The topological polar surface area (TPSA) is 29.5 Å². The maximum Gasteiger partial charge on any atom is 0.260 e. The fraction of sp³-hybridized carbons (Fsp3) is 0.278. The molecule has 0 bridgehead atoms. The van der Waals surface area contributed by atoms with E-state index in [1.54, 1.807) is 11.9 Å². The highest BCUT2D eigenvalue weighted by molar-refractivity contribution is 5.77. The molecule has 0 saturated carbocycles. The van der Waals surface area contributed by atoms with Gasteiger partial charge >= 0.3 is 0 Å². The summed E-state index contributed by atoms with van der Waals surface area (Å²) in [5, 5.41) is 0. The molecule has 0 unspecified atom stereocenters. The molecule has 0 aliphatic rings. The molecular weight excluding hydrogens is 262 g/mol. The van der Waals surface area contributed by atoms with Crippen molar-refractivity contribution in [2.75, 3.05) is 13.7 Å². The van der Waals surface area contributed by atoms with E-state index in [-0.39, 0.29) is 12.5 Å². The summed E-state index contributed by atoms with van der Waals surface area (Å²) in [6, 6.07) is 15.9. The molecule has 0 radical (unpaired) electrons. The van der Waals surface area contributed by atoms with Crippen LogP contribution in [0.5, 0.6) is 5.75 Å². The Hall–Kier alpha value is -2.29. The summed E-state index contributed by atoms with van der Waals surface area (Å²) >= 11 is 0. The third kappa shape index (κ3) is 4.63. The van der Waals surface area contributed by atoms with Gasteiger partial charge in [0.05, 0.1) is 0 Å². The van der Waals surface area contributed by atoms with Gasteiger partial charge in [0.25, 0.3) is 5.91 Å². The summed E-state index contributed by atoms with van der Waals surface area (Å²) in [7, 11) is 1.79. The lowest BCUT2D eigenvalue weighted by molar-refractivity contribution is -0.132. The van der Waals surface area contributed by atoms with Crippen LogP contribution < -0.4 is 4.74 Å². The van der Waals surface area contributed by atoms with Gasteiger partial charge in [-0.05, 0) is 37.1 Å². The van der Waals surface area contributed by atoms with E-state index in [1.807, 2.05) is 50.2 Å². The Morgan fingerprint density at radius 1 is 1.05 bits per heavy atom. The number of carbonyl (C=O) groups is 1. The second-order valence-corrected chi connectivity index (χ2v) is 5.34. The Balaban J connectivity index is 1.86. The zero-order chi connectivity index (χ0) is 15.2. The number of aryl methyl sites for hydroxylation is 2. The van der Waals surface area contributed by atoms with Crippen molar-refractivity contribution in [1.82, 2.24) is 4.90 Å². The van der Waals surface area contributed by atoms with Crippen LogP contribution >= 0.6 is 0 Å². The van der Waals surface area contributed by atoms with Gasteiger partial charge in [-0.25, -0.2) is 0 Å². The zero-order valence-electron chi connectivity index (χ0n) is 12.8. The van der Waals surface area contributed by atoms with Crippen molar-refractivity contribution >= 4 is 5.91 Å². The quantitative estimate of drug-likeness (QED) is 0.842. The molecule has 1 amide bonds. The Morgan fingerprint density at radius 3 is 2.43 bits per heavy atom. The van der Waals surface area contributed by atoms with E-state index in [1.165, 1.54) is 5.56 Å². The first-order chi connectivity index (χ1) is 10.0. The Bertz CT molecular complexity index is 605. The number of rotatable bonds is 5. The molecule has 2 rings (SSSR count). The van der Waals surface area contributed by atoms with E-state index < -0.39 is 0 Å². The van der Waals surface area contributed by atoms with Crippen LogP contribution in [0.3, 0.4) is 0 Å². The minimum absolute atomic E-state index is 0.0305. The minimum Gasteiger partial charge on any atom is -0.484 e. The van der Waals surface area contributed by atoms with Crippen molar-refractivity contribution in [3.8, 4) is 5.75 Å². The highest BCUT2D eigenvalue weighted by atomic mass is 16.5. The van der Waals surface area contributed by atoms with Crippen molar-refractivity contribution in [3.63, 3.8) is 0 Å². The van der Waals surface area contributed by atoms with Crippen LogP contribution in [-0.2, 0) is 11.3 Å². The second-order valence-electron chi connectivity index (χ2n) is 5.34. The van der Waals surface area contributed by atoms with Crippen LogP contribution in [0.4, 0.5) is 0 Å². The van der Waals surface area contributed by atoms with Crippen molar-refractivity contribution in [2.24, 2.45) is 0 Å². The van der Waals surface area contributed by atoms with Crippen LogP contribution in [0.1, 0.15) is 16.7 Å². The zero-order valence-corrected chi connectivity index (χ0v) is 12.8. The molecule has 3 nitrogen and oxygen atoms in total. The van der Waals surface area contributed by atoms with E-state index >= 15 is 0 Å². The van der Waals surface area contributed by atoms with Gasteiger partial charge in [-0.2, -0.15) is 0 Å². The number of benzene rings is 2. The highest BCUT2D eigenvalue weighted by Gasteiger charge is 2.10. The summed E-state index contributed by atoms with van der Waals surface area (Å²) in [5.41, 5.74) is 3.45. The summed E-state index contributed by atoms with van der Waals surface area (Å²) in [6.45, 7) is 4.70. The number of nitrogens with zero attached hydrogens (tertiary/aromatic N) is 1. The van der Waals surface area contributed by atoms with Gasteiger partial charge < -0.3 is 9.64 Å². The van der Waals surface area contributed by atoms with Gasteiger partial charge in [0.15, 0.2) is 6.61 Å². The van der Waals surface area contributed by atoms with E-state index in [0.29, 0.717) is 6.54 Å². The Labute approximate surface area is 126 Å². The molecule has 21 heavy (non-hydrogen) atoms. The molecule has 110 valence electrons. The van der Waals surface area contributed by atoms with Gasteiger partial charge in [-0.3, -0.25) is 4.79 Å². The Morgan fingerprint density at radius 2 is 1.76 bits per heavy atom. The molecule has 0 spiro atoms. The number of carbonyl (C=O) groups excluding carboxylic acids is 1. The molecule has 2 aromatic rings. The number of hydrogen-bond donors (Lipinski definition) is 0. The molecule has 0 heterocycles. The van der Waals surface area contributed by atoms with Crippen LogP contribution in [0.25, 0.3) is 0 Å². The summed E-state index contributed by atoms with van der Waals surface area (Å²) < 4.78 is 5.54. The van der Waals surface area contributed by atoms with Gasteiger partial charge in [0.2, 0.25) is 0 Å². The average molecular weight is 283 g/mol. The minimum atomic E-state index is -0.0305. The first-order valence-corrected chi connectivity index (χ1v) is 7.03. The molecule has 0 saturated heterocycles. The maximum absolute atomic E-state index is 12.1. The molecule has 0 aromatic heterocycles. The van der Waals surface area contributed by atoms with Crippen molar-refractivity contribution < 1.29 is 9.53 Å². The lowest BCUT2D eigenvalue weighted by Gasteiger charge is -2.17. The van der Waals surface area contributed by atoms with Crippen LogP contribution in [0, 0.1) is 13.8 Å². The summed E-state index contributed by atoms with van der Waals surface area (Å²) in [5.74, 6) is 0.698. The molecule has 0 aliphatic heterocycles. The predicted octanol–water partition coefficient (Wildman–Crippen LogP) is 3.34. The molecule has 0 N–H and O–H groups in total. The molecule has 0 fully saturated rings. The maximum atomic E-state index is 12.1. The molecule has 3 heteroatoms. The van der Waals surface area contributed by atoms with E-state index in [9.17, 15) is 4.79 Å². The standard InChI is InChI=1S/C18H21NO2/c1-14-7-9-16(10-8-14)12-19(3)18(20)13-21-17-6-4-5-15(2)11-17/h4-11H,12-13H2,1-3H3. The Kier molecular flexibility index (Phi) is 4.99. The number of likely N-dealkylation sites (N-methyl/N-ethyl adjacent to an activating group) is 1. The normalized spacial score (nSPS) is 10.2. The van der Waals surface area contributed by atoms with Gasteiger partial charge in [-0.1, -0.05) is 42.0 Å². The van der Waals surface area contributed by atoms with E-state index in [4.69, 9.17) is 4.74 Å². The third-order valence-corrected chi connectivity index (χ3v) is 3.32. The van der Waals surface area contributed by atoms with Gasteiger partial charge in [0.1, 0.15) is 5.75 Å². The lowest BCUT2D eigenvalue weighted by Crippen LogP contribution is -2.30. The average Bonchev–Trinajstić information content (AvgIpc) is 2.47. The van der Waals surface area contributed by atoms with E-state index in [2.05, 4.69) is 12.1 Å².